The van der Waals surface area contributed by atoms with E-state index in [4.69, 9.17) is 5.21 Å². The number of hydroxylamine groups is 1. The van der Waals surface area contributed by atoms with Gasteiger partial charge in [0.1, 0.15) is 0 Å². The van der Waals surface area contributed by atoms with Gasteiger partial charge in [0.25, 0.3) is 5.91 Å². The van der Waals surface area contributed by atoms with Crippen molar-refractivity contribution in [3.05, 3.63) is 60.2 Å². The fourth-order valence-electron chi connectivity index (χ4n) is 2.41. The number of aliphatic hydroxyl groups excluding tert-OH is 1. The summed E-state index contributed by atoms with van der Waals surface area (Å²) < 4.78 is 0. The molecule has 2 aromatic carbocycles. The van der Waals surface area contributed by atoms with Crippen molar-refractivity contribution in [2.45, 2.75) is 31.8 Å². The van der Waals surface area contributed by atoms with Crippen LogP contribution in [-0.2, 0) is 4.79 Å². The summed E-state index contributed by atoms with van der Waals surface area (Å²) in [5, 5.41) is 20.9. The molecule has 116 valence electrons. The molecule has 0 aromatic heterocycles. The molecule has 1 unspecified atom stereocenters. The van der Waals surface area contributed by atoms with Crippen molar-refractivity contribution in [1.29, 1.82) is 0 Å². The molecule has 1 atom stereocenters. The van der Waals surface area contributed by atoms with Crippen molar-refractivity contribution >= 4 is 16.7 Å². The molecule has 0 spiro atoms. The van der Waals surface area contributed by atoms with E-state index >= 15 is 0 Å². The monoisotopic (exact) mass is 299 g/mol. The number of amides is 1. The SMILES string of the molecule is O=C(/C=C/CCCCC(O)c1ccc2ccccc2c1)NO. The van der Waals surface area contributed by atoms with Gasteiger partial charge in [-0.15, -0.1) is 0 Å². The van der Waals surface area contributed by atoms with Crippen LogP contribution < -0.4 is 5.48 Å². The molecule has 0 aliphatic carbocycles. The fraction of sp³-hybridized carbons (Fsp3) is 0.278. The van der Waals surface area contributed by atoms with Crippen LogP contribution >= 0.6 is 0 Å². The second kappa shape index (κ2) is 8.32. The van der Waals surface area contributed by atoms with E-state index in [-0.39, 0.29) is 0 Å². The number of hydrogen-bond acceptors (Lipinski definition) is 3. The van der Waals surface area contributed by atoms with Crippen LogP contribution in [-0.4, -0.2) is 16.2 Å². The van der Waals surface area contributed by atoms with Gasteiger partial charge in [0, 0.05) is 6.08 Å². The maximum atomic E-state index is 10.8. The van der Waals surface area contributed by atoms with Crippen molar-refractivity contribution in [2.75, 3.05) is 0 Å². The molecule has 0 bridgehead atoms. The van der Waals surface area contributed by atoms with Crippen LogP contribution in [0.4, 0.5) is 0 Å². The maximum Gasteiger partial charge on any atom is 0.267 e. The van der Waals surface area contributed by atoms with Crippen molar-refractivity contribution < 1.29 is 15.1 Å². The lowest BCUT2D eigenvalue weighted by molar-refractivity contribution is -0.124. The van der Waals surface area contributed by atoms with E-state index in [2.05, 4.69) is 6.07 Å². The number of unbranched alkanes of at least 4 members (excludes halogenated alkanes) is 2. The number of carbonyl (C=O) groups is 1. The molecule has 0 fully saturated rings. The van der Waals surface area contributed by atoms with Crippen molar-refractivity contribution in [3.8, 4) is 0 Å². The summed E-state index contributed by atoms with van der Waals surface area (Å²) in [4.78, 5) is 10.8. The topological polar surface area (TPSA) is 69.6 Å². The predicted octanol–water partition coefficient (Wildman–Crippen LogP) is 3.50. The van der Waals surface area contributed by atoms with Gasteiger partial charge < -0.3 is 5.11 Å². The molecule has 0 aliphatic heterocycles. The Labute approximate surface area is 130 Å². The lowest BCUT2D eigenvalue weighted by Crippen LogP contribution is -2.14. The van der Waals surface area contributed by atoms with Crippen LogP contribution in [0.25, 0.3) is 10.8 Å². The Balaban J connectivity index is 1.80. The van der Waals surface area contributed by atoms with Crippen LogP contribution in [0, 0.1) is 0 Å². The Bertz CT molecular complexity index is 652. The average molecular weight is 299 g/mol. The Morgan fingerprint density at radius 2 is 1.91 bits per heavy atom. The predicted molar refractivity (Wildman–Crippen MR) is 86.4 cm³/mol. The van der Waals surface area contributed by atoms with E-state index in [0.29, 0.717) is 6.42 Å². The van der Waals surface area contributed by atoms with Gasteiger partial charge in [-0.2, -0.15) is 0 Å². The molecule has 0 radical (unpaired) electrons. The molecule has 3 N–H and O–H groups in total. The van der Waals surface area contributed by atoms with Crippen LogP contribution in [0.15, 0.2) is 54.6 Å². The molecule has 0 heterocycles. The number of rotatable bonds is 7. The third kappa shape index (κ3) is 4.69. The number of carbonyl (C=O) groups excluding carboxylic acids is 1. The summed E-state index contributed by atoms with van der Waals surface area (Å²) in [6.07, 6.45) is 5.76. The van der Waals surface area contributed by atoms with Gasteiger partial charge in [-0.05, 0) is 41.7 Å². The largest absolute Gasteiger partial charge is 0.388 e. The summed E-state index contributed by atoms with van der Waals surface area (Å²) in [6, 6.07) is 14.1. The number of allylic oxidation sites excluding steroid dienone is 1. The fourth-order valence-corrected chi connectivity index (χ4v) is 2.41. The van der Waals surface area contributed by atoms with Gasteiger partial charge in [-0.3, -0.25) is 10.0 Å². The number of fused-ring (bicyclic) bond motifs is 1. The first-order valence-electron chi connectivity index (χ1n) is 7.48. The van der Waals surface area contributed by atoms with E-state index in [1.54, 1.807) is 11.6 Å². The Morgan fingerprint density at radius 3 is 2.68 bits per heavy atom. The third-order valence-electron chi connectivity index (χ3n) is 3.64. The molecule has 0 saturated carbocycles. The van der Waals surface area contributed by atoms with Crippen LogP contribution in [0.3, 0.4) is 0 Å². The minimum Gasteiger partial charge on any atom is -0.388 e. The number of aliphatic hydroxyl groups is 1. The molecular weight excluding hydrogens is 278 g/mol. The minimum absolute atomic E-state index is 0.464. The van der Waals surface area contributed by atoms with Gasteiger partial charge >= 0.3 is 0 Å². The Morgan fingerprint density at radius 1 is 1.14 bits per heavy atom. The summed E-state index contributed by atoms with van der Waals surface area (Å²) in [7, 11) is 0. The molecule has 4 nitrogen and oxygen atoms in total. The normalized spacial score (nSPS) is 12.6. The van der Waals surface area contributed by atoms with Gasteiger partial charge in [0.2, 0.25) is 0 Å². The summed E-state index contributed by atoms with van der Waals surface area (Å²) in [5.74, 6) is -0.517. The zero-order valence-corrected chi connectivity index (χ0v) is 12.4. The van der Waals surface area contributed by atoms with Crippen molar-refractivity contribution in [1.82, 2.24) is 5.48 Å². The highest BCUT2D eigenvalue weighted by Crippen LogP contribution is 2.24. The highest BCUT2D eigenvalue weighted by molar-refractivity contribution is 5.86. The second-order valence-electron chi connectivity index (χ2n) is 5.29. The zero-order valence-electron chi connectivity index (χ0n) is 12.4. The molecule has 2 rings (SSSR count). The molecule has 1 amide bonds. The molecule has 0 saturated heterocycles. The quantitative estimate of drug-likeness (QED) is 0.317. The summed E-state index contributed by atoms with van der Waals surface area (Å²) in [6.45, 7) is 0. The number of nitrogens with one attached hydrogen (secondary N) is 1. The standard InChI is InChI=1S/C18H21NO3/c20-17(9-3-1-2-4-10-18(21)19-22)16-12-11-14-7-5-6-8-15(14)13-16/h4-8,10-13,17,20,22H,1-3,9H2,(H,19,21)/b10-4+. The van der Waals surface area contributed by atoms with Crippen LogP contribution in [0.1, 0.15) is 37.4 Å². The van der Waals surface area contributed by atoms with Gasteiger partial charge in [-0.25, -0.2) is 5.48 Å². The molecule has 4 heteroatoms. The van der Waals surface area contributed by atoms with E-state index in [1.165, 1.54) is 11.5 Å². The van der Waals surface area contributed by atoms with E-state index < -0.39 is 12.0 Å². The number of benzene rings is 2. The molecule has 0 aliphatic rings. The van der Waals surface area contributed by atoms with Gasteiger partial charge in [0.15, 0.2) is 0 Å². The van der Waals surface area contributed by atoms with E-state index in [0.717, 1.165) is 30.2 Å². The van der Waals surface area contributed by atoms with E-state index in [1.807, 2.05) is 36.4 Å². The third-order valence-corrected chi connectivity index (χ3v) is 3.64. The molecule has 2 aromatic rings. The molecule has 22 heavy (non-hydrogen) atoms. The highest BCUT2D eigenvalue weighted by atomic mass is 16.5. The summed E-state index contributed by atoms with van der Waals surface area (Å²) in [5.41, 5.74) is 2.48. The Hall–Kier alpha value is -2.17. The first-order valence-corrected chi connectivity index (χ1v) is 7.48. The molecular formula is C18H21NO3. The van der Waals surface area contributed by atoms with E-state index in [9.17, 15) is 9.90 Å². The Kier molecular flexibility index (Phi) is 6.13. The first-order chi connectivity index (χ1) is 10.7. The average Bonchev–Trinajstić information content (AvgIpc) is 2.56. The lowest BCUT2D eigenvalue weighted by atomic mass is 10.00. The van der Waals surface area contributed by atoms with Crippen LogP contribution in [0.2, 0.25) is 0 Å². The van der Waals surface area contributed by atoms with Gasteiger partial charge in [-0.1, -0.05) is 48.9 Å². The van der Waals surface area contributed by atoms with Gasteiger partial charge in [0.05, 0.1) is 6.10 Å². The second-order valence-corrected chi connectivity index (χ2v) is 5.29. The smallest absolute Gasteiger partial charge is 0.267 e. The minimum atomic E-state index is -0.517. The summed E-state index contributed by atoms with van der Waals surface area (Å²) >= 11 is 0. The lowest BCUT2D eigenvalue weighted by Gasteiger charge is -2.11. The zero-order chi connectivity index (χ0) is 15.8. The maximum absolute atomic E-state index is 10.8. The highest BCUT2D eigenvalue weighted by Gasteiger charge is 2.07. The number of hydrogen-bond donors (Lipinski definition) is 3. The van der Waals surface area contributed by atoms with Crippen molar-refractivity contribution in [2.24, 2.45) is 0 Å². The first kappa shape index (κ1) is 16.2. The van der Waals surface area contributed by atoms with Crippen molar-refractivity contribution in [3.63, 3.8) is 0 Å². The van der Waals surface area contributed by atoms with Crippen LogP contribution in [0.5, 0.6) is 0 Å².